The molecule has 0 radical (unpaired) electrons. The lowest BCUT2D eigenvalue weighted by molar-refractivity contribution is -0.122. The molecule has 1 aromatic rings. The number of carbonyl (C=O) groups is 2. The largest absolute Gasteiger partial charge is 0.326 e. The molecule has 0 aromatic heterocycles. The maximum absolute atomic E-state index is 12.2. The minimum Gasteiger partial charge on any atom is -0.326 e. The summed E-state index contributed by atoms with van der Waals surface area (Å²) in [4.78, 5) is 24.3. The number of nitrogens with one attached hydrogen (secondary N) is 3. The molecule has 1 heterocycles. The number of anilines is 1. The van der Waals surface area contributed by atoms with E-state index in [1.54, 1.807) is 0 Å². The van der Waals surface area contributed by atoms with Gasteiger partial charge in [0.15, 0.2) is 5.17 Å². The molecule has 7 heteroatoms. The van der Waals surface area contributed by atoms with E-state index >= 15 is 0 Å². The first-order valence-electron chi connectivity index (χ1n) is 8.87. The minimum atomic E-state index is -0.483. The Balaban J connectivity index is 1.56. The van der Waals surface area contributed by atoms with Gasteiger partial charge in [-0.1, -0.05) is 55.5 Å². The van der Waals surface area contributed by atoms with E-state index in [0.29, 0.717) is 5.17 Å². The lowest BCUT2D eigenvalue weighted by Crippen LogP contribution is -2.28. The first-order chi connectivity index (χ1) is 12.8. The summed E-state index contributed by atoms with van der Waals surface area (Å²) in [5, 5.41) is 9.81. The van der Waals surface area contributed by atoms with Crippen molar-refractivity contribution in [1.82, 2.24) is 10.7 Å². The Morgan fingerprint density at radius 3 is 2.78 bits per heavy atom. The molecule has 3 N–H and O–H groups in total. The van der Waals surface area contributed by atoms with Crippen molar-refractivity contribution < 1.29 is 9.59 Å². The molecule has 1 aliphatic heterocycles. The lowest BCUT2D eigenvalue weighted by Gasteiger charge is -2.26. The number of amidine groups is 1. The number of rotatable bonds is 5. The maximum atomic E-state index is 12.2. The molecule has 0 bridgehead atoms. The summed E-state index contributed by atoms with van der Waals surface area (Å²) in [6, 6.07) is 9.20. The molecular formula is C20H24N4O2S. The Labute approximate surface area is 163 Å². The lowest BCUT2D eigenvalue weighted by atomic mass is 9.82. The number of amides is 2. The second-order valence-corrected chi connectivity index (χ2v) is 8.69. The van der Waals surface area contributed by atoms with Gasteiger partial charge in [0.1, 0.15) is 5.25 Å². The fourth-order valence-electron chi connectivity index (χ4n) is 3.22. The van der Waals surface area contributed by atoms with Crippen molar-refractivity contribution >= 4 is 34.4 Å². The topological polar surface area (TPSA) is 82.6 Å². The van der Waals surface area contributed by atoms with Crippen LogP contribution in [0.4, 0.5) is 5.69 Å². The minimum absolute atomic E-state index is 0.0749. The summed E-state index contributed by atoms with van der Waals surface area (Å²) in [7, 11) is 0. The molecule has 27 heavy (non-hydrogen) atoms. The van der Waals surface area contributed by atoms with E-state index in [0.717, 1.165) is 17.8 Å². The van der Waals surface area contributed by atoms with Gasteiger partial charge < -0.3 is 10.6 Å². The van der Waals surface area contributed by atoms with Crippen LogP contribution in [0.15, 0.2) is 58.9 Å². The van der Waals surface area contributed by atoms with Gasteiger partial charge in [0.2, 0.25) is 11.8 Å². The SMILES string of the molecule is CC1=CC(N/N=C2/NC(=O)[C@@H](CC(=O)Nc3ccccc3)S2)=CC(C)(C)C1. The van der Waals surface area contributed by atoms with Crippen LogP contribution in [-0.4, -0.2) is 22.2 Å². The van der Waals surface area contributed by atoms with Gasteiger partial charge in [-0.25, -0.2) is 0 Å². The van der Waals surface area contributed by atoms with E-state index in [-0.39, 0.29) is 23.7 Å². The molecule has 0 unspecified atom stereocenters. The van der Waals surface area contributed by atoms with Crippen molar-refractivity contribution in [1.29, 1.82) is 0 Å². The van der Waals surface area contributed by atoms with Gasteiger partial charge in [0.05, 0.1) is 5.70 Å². The van der Waals surface area contributed by atoms with Crippen molar-refractivity contribution in [2.45, 2.75) is 38.9 Å². The van der Waals surface area contributed by atoms with Crippen LogP contribution in [-0.2, 0) is 9.59 Å². The molecule has 142 valence electrons. The van der Waals surface area contributed by atoms with Crippen molar-refractivity contribution in [3.05, 3.63) is 53.8 Å². The molecular weight excluding hydrogens is 360 g/mol. The van der Waals surface area contributed by atoms with E-state index in [2.05, 4.69) is 54.1 Å². The number of para-hydroxylation sites is 1. The number of nitrogens with zero attached hydrogens (tertiary/aromatic N) is 1. The summed E-state index contributed by atoms with van der Waals surface area (Å²) in [6.07, 6.45) is 5.30. The van der Waals surface area contributed by atoms with Gasteiger partial charge in [0.25, 0.3) is 0 Å². The zero-order valence-corrected chi connectivity index (χ0v) is 16.5. The van der Waals surface area contributed by atoms with Gasteiger partial charge in [-0.15, -0.1) is 5.10 Å². The molecule has 3 rings (SSSR count). The van der Waals surface area contributed by atoms with Crippen molar-refractivity contribution in [3.8, 4) is 0 Å². The number of allylic oxidation sites excluding steroid dienone is 3. The second-order valence-electron chi connectivity index (χ2n) is 7.50. The van der Waals surface area contributed by atoms with Gasteiger partial charge in [-0.3, -0.25) is 15.0 Å². The summed E-state index contributed by atoms with van der Waals surface area (Å²) >= 11 is 1.27. The second kappa shape index (κ2) is 8.00. The monoisotopic (exact) mass is 384 g/mol. The van der Waals surface area contributed by atoms with E-state index in [9.17, 15) is 9.59 Å². The van der Waals surface area contributed by atoms with Crippen molar-refractivity contribution in [2.24, 2.45) is 10.5 Å². The van der Waals surface area contributed by atoms with Gasteiger partial charge in [0, 0.05) is 12.1 Å². The third-order valence-corrected chi connectivity index (χ3v) is 5.26. The third kappa shape index (κ3) is 5.47. The van der Waals surface area contributed by atoms with Crippen LogP contribution in [0, 0.1) is 5.41 Å². The van der Waals surface area contributed by atoms with Crippen LogP contribution < -0.4 is 16.1 Å². The average molecular weight is 385 g/mol. The number of thioether (sulfide) groups is 1. The quantitative estimate of drug-likeness (QED) is 0.680. The smallest absolute Gasteiger partial charge is 0.240 e. The fraction of sp³-hybridized carbons (Fsp3) is 0.350. The molecule has 1 saturated heterocycles. The summed E-state index contributed by atoms with van der Waals surface area (Å²) in [5.41, 5.74) is 6.01. The van der Waals surface area contributed by atoms with Gasteiger partial charge >= 0.3 is 0 Å². The summed E-state index contributed by atoms with van der Waals surface area (Å²) in [6.45, 7) is 6.44. The third-order valence-electron chi connectivity index (χ3n) is 4.17. The van der Waals surface area contributed by atoms with E-state index in [4.69, 9.17) is 0 Å². The van der Waals surface area contributed by atoms with Gasteiger partial charge in [-0.05, 0) is 37.0 Å². The van der Waals surface area contributed by atoms with E-state index < -0.39 is 5.25 Å². The van der Waals surface area contributed by atoms with E-state index in [1.807, 2.05) is 30.3 Å². The molecule has 1 atom stereocenters. The first kappa shape index (κ1) is 19.2. The van der Waals surface area contributed by atoms with Crippen LogP contribution in [0.2, 0.25) is 0 Å². The maximum Gasteiger partial charge on any atom is 0.240 e. The van der Waals surface area contributed by atoms with Crippen LogP contribution in [0.3, 0.4) is 0 Å². The molecule has 1 fully saturated rings. The molecule has 2 amide bonds. The Morgan fingerprint density at radius 1 is 1.33 bits per heavy atom. The van der Waals surface area contributed by atoms with Crippen molar-refractivity contribution in [3.63, 3.8) is 0 Å². The number of benzene rings is 1. The summed E-state index contributed by atoms with van der Waals surface area (Å²) in [5.74, 6) is -0.396. The number of hydrogen-bond donors (Lipinski definition) is 3. The number of carbonyl (C=O) groups excluding carboxylic acids is 2. The highest BCUT2D eigenvalue weighted by molar-refractivity contribution is 8.15. The number of hydrazone groups is 1. The zero-order chi connectivity index (χ0) is 19.4. The molecule has 1 aromatic carbocycles. The standard InChI is InChI=1S/C20H24N4O2S/c1-13-9-15(12-20(2,3)11-13)23-24-19-22-18(26)16(27-19)10-17(25)21-14-7-5-4-6-8-14/h4-9,12,16,23H,10-11H2,1-3H3,(H,21,25)(H,22,24,26)/t16-/m1/s1. The average Bonchev–Trinajstić information content (AvgIpc) is 2.92. The Morgan fingerprint density at radius 2 is 2.07 bits per heavy atom. The Kier molecular flexibility index (Phi) is 5.70. The highest BCUT2D eigenvalue weighted by Gasteiger charge is 2.32. The molecule has 2 aliphatic rings. The summed E-state index contributed by atoms with van der Waals surface area (Å²) < 4.78 is 0. The molecule has 1 aliphatic carbocycles. The van der Waals surface area contributed by atoms with Crippen LogP contribution in [0.25, 0.3) is 0 Å². The highest BCUT2D eigenvalue weighted by Crippen LogP contribution is 2.32. The number of hydrogen-bond acceptors (Lipinski definition) is 5. The van der Waals surface area contributed by atoms with E-state index in [1.165, 1.54) is 17.3 Å². The fourth-order valence-corrected chi connectivity index (χ4v) is 4.15. The normalized spacial score (nSPS) is 22.7. The van der Waals surface area contributed by atoms with Crippen LogP contribution in [0.1, 0.15) is 33.6 Å². The molecule has 0 spiro atoms. The molecule has 6 nitrogen and oxygen atoms in total. The Bertz CT molecular complexity index is 828. The first-order valence-corrected chi connectivity index (χ1v) is 9.75. The Hall–Kier alpha value is -2.54. The zero-order valence-electron chi connectivity index (χ0n) is 15.7. The van der Waals surface area contributed by atoms with Gasteiger partial charge in [-0.2, -0.15) is 0 Å². The van der Waals surface area contributed by atoms with Crippen LogP contribution in [0.5, 0.6) is 0 Å². The van der Waals surface area contributed by atoms with Crippen molar-refractivity contribution in [2.75, 3.05) is 5.32 Å². The molecule has 0 saturated carbocycles. The highest BCUT2D eigenvalue weighted by atomic mass is 32.2. The predicted octanol–water partition coefficient (Wildman–Crippen LogP) is 3.37. The predicted molar refractivity (Wildman–Crippen MR) is 110 cm³/mol. The van der Waals surface area contributed by atoms with Crippen LogP contribution >= 0.6 is 11.8 Å².